The molecule has 140 valence electrons. The van der Waals surface area contributed by atoms with Gasteiger partial charge in [0.15, 0.2) is 0 Å². The zero-order valence-corrected chi connectivity index (χ0v) is 14.5. The molecule has 2 aromatic rings. The highest BCUT2D eigenvalue weighted by atomic mass is 32.1. The summed E-state index contributed by atoms with van der Waals surface area (Å²) in [5.41, 5.74) is -0.780. The number of halogens is 3. The van der Waals surface area contributed by atoms with Gasteiger partial charge >= 0.3 is 6.18 Å². The molecule has 6 nitrogen and oxygen atoms in total. The molecular formula is C16H17F3N4O2S. The van der Waals surface area contributed by atoms with E-state index in [1.165, 1.54) is 0 Å². The van der Waals surface area contributed by atoms with Crippen LogP contribution >= 0.6 is 11.3 Å². The van der Waals surface area contributed by atoms with Crippen molar-refractivity contribution in [3.63, 3.8) is 0 Å². The summed E-state index contributed by atoms with van der Waals surface area (Å²) in [5, 5.41) is 8.36. The van der Waals surface area contributed by atoms with Gasteiger partial charge in [0.2, 0.25) is 5.91 Å². The topological polar surface area (TPSA) is 78.1 Å². The van der Waals surface area contributed by atoms with Crippen molar-refractivity contribution >= 4 is 23.2 Å². The van der Waals surface area contributed by atoms with Crippen LogP contribution < -0.4 is 5.32 Å². The average molecular weight is 386 g/mol. The third kappa shape index (κ3) is 4.24. The summed E-state index contributed by atoms with van der Waals surface area (Å²) in [4.78, 5) is 26.3. The van der Waals surface area contributed by atoms with E-state index in [1.54, 1.807) is 17.0 Å². The van der Waals surface area contributed by atoms with Gasteiger partial charge in [0.1, 0.15) is 11.4 Å². The summed E-state index contributed by atoms with van der Waals surface area (Å²) in [6.45, 7) is 1.81. The largest absolute Gasteiger partial charge is 0.432 e. The Morgan fingerprint density at radius 2 is 2.19 bits per heavy atom. The molecule has 0 bridgehead atoms. The second-order valence-electron chi connectivity index (χ2n) is 5.92. The number of carbonyl (C=O) groups is 2. The lowest BCUT2D eigenvalue weighted by Crippen LogP contribution is -2.30. The number of hydrogen-bond acceptors (Lipinski definition) is 4. The number of alkyl halides is 3. The van der Waals surface area contributed by atoms with Gasteiger partial charge in [0.05, 0.1) is 9.75 Å². The number of hydrogen-bond donors (Lipinski definition) is 2. The Hall–Kier alpha value is -2.36. The van der Waals surface area contributed by atoms with Gasteiger partial charge in [-0.25, -0.2) is 0 Å². The van der Waals surface area contributed by atoms with Crippen LogP contribution in [0, 0.1) is 0 Å². The van der Waals surface area contributed by atoms with Gasteiger partial charge in [-0.15, -0.1) is 11.3 Å². The predicted octanol–water partition coefficient (Wildman–Crippen LogP) is 2.90. The first kappa shape index (κ1) is 18.4. The molecule has 0 unspecified atom stereocenters. The molecule has 1 aliphatic rings. The van der Waals surface area contributed by atoms with Crippen molar-refractivity contribution in [2.24, 2.45) is 0 Å². The van der Waals surface area contributed by atoms with Crippen LogP contribution in [0.25, 0.3) is 10.6 Å². The van der Waals surface area contributed by atoms with Crippen LogP contribution in [-0.2, 0) is 11.0 Å². The number of nitrogens with one attached hydrogen (secondary N) is 2. The van der Waals surface area contributed by atoms with Crippen molar-refractivity contribution in [1.29, 1.82) is 0 Å². The number of aromatic nitrogens is 2. The van der Waals surface area contributed by atoms with Crippen molar-refractivity contribution < 1.29 is 22.8 Å². The van der Waals surface area contributed by atoms with E-state index in [2.05, 4.69) is 10.4 Å². The van der Waals surface area contributed by atoms with E-state index in [9.17, 15) is 22.8 Å². The van der Waals surface area contributed by atoms with E-state index in [-0.39, 0.29) is 17.5 Å². The number of likely N-dealkylation sites (tertiary alicyclic amines) is 1. The maximum Gasteiger partial charge on any atom is 0.432 e. The first-order valence-electron chi connectivity index (χ1n) is 8.13. The summed E-state index contributed by atoms with van der Waals surface area (Å²) in [6, 6.07) is 4.04. The van der Waals surface area contributed by atoms with Crippen LogP contribution in [0.5, 0.6) is 0 Å². The van der Waals surface area contributed by atoms with Gasteiger partial charge in [-0.1, -0.05) is 0 Å². The minimum absolute atomic E-state index is 0.147. The van der Waals surface area contributed by atoms with Gasteiger partial charge in [0, 0.05) is 26.1 Å². The number of thiophene rings is 1. The lowest BCUT2D eigenvalue weighted by atomic mass is 10.3. The fraction of sp³-hybridized carbons (Fsp3) is 0.438. The third-order valence-electron chi connectivity index (χ3n) is 4.03. The van der Waals surface area contributed by atoms with Crippen LogP contribution in [0.3, 0.4) is 0 Å². The van der Waals surface area contributed by atoms with Crippen molar-refractivity contribution in [2.45, 2.75) is 25.4 Å². The molecule has 0 aromatic carbocycles. The minimum Gasteiger partial charge on any atom is -0.351 e. The Morgan fingerprint density at radius 1 is 1.38 bits per heavy atom. The molecule has 0 atom stereocenters. The van der Waals surface area contributed by atoms with Gasteiger partial charge in [-0.2, -0.15) is 18.3 Å². The predicted molar refractivity (Wildman–Crippen MR) is 89.7 cm³/mol. The third-order valence-corrected chi connectivity index (χ3v) is 5.13. The van der Waals surface area contributed by atoms with Crippen LogP contribution in [-0.4, -0.2) is 46.5 Å². The zero-order valence-electron chi connectivity index (χ0n) is 13.7. The van der Waals surface area contributed by atoms with Crippen LogP contribution in [0.4, 0.5) is 13.2 Å². The minimum atomic E-state index is -4.49. The number of rotatable bonds is 6. The fourth-order valence-electron chi connectivity index (χ4n) is 2.69. The Kier molecular flexibility index (Phi) is 5.30. The zero-order chi connectivity index (χ0) is 18.7. The van der Waals surface area contributed by atoms with Crippen molar-refractivity contribution in [1.82, 2.24) is 20.4 Å². The highest BCUT2D eigenvalue weighted by Crippen LogP contribution is 2.32. The summed E-state index contributed by atoms with van der Waals surface area (Å²) in [7, 11) is 0. The molecule has 0 aliphatic carbocycles. The molecule has 3 heterocycles. The number of carbonyl (C=O) groups excluding carboxylic acids is 2. The van der Waals surface area contributed by atoms with E-state index in [0.29, 0.717) is 35.7 Å². The molecule has 3 rings (SSSR count). The number of nitrogens with zero attached hydrogens (tertiary/aromatic N) is 2. The maximum absolute atomic E-state index is 12.6. The van der Waals surface area contributed by atoms with Gasteiger partial charge in [-0.05, 0) is 31.0 Å². The molecule has 10 heteroatoms. The summed E-state index contributed by atoms with van der Waals surface area (Å²) >= 11 is 1.08. The van der Waals surface area contributed by atoms with Crippen LogP contribution in [0.1, 0.15) is 34.6 Å². The summed E-state index contributed by atoms with van der Waals surface area (Å²) < 4.78 is 37.8. The fourth-order valence-corrected chi connectivity index (χ4v) is 3.57. The Bertz CT molecular complexity index is 800. The van der Waals surface area contributed by atoms with E-state index in [1.807, 2.05) is 5.10 Å². The molecule has 1 saturated heterocycles. The number of amides is 2. The SMILES string of the molecule is O=C(NCCCN1CCCC1=O)c1ccc(-c2cc(C(F)(F)F)[nH]n2)s1. The molecule has 0 radical (unpaired) electrons. The van der Waals surface area contributed by atoms with Crippen LogP contribution in [0.15, 0.2) is 18.2 Å². The number of H-pyrrole nitrogens is 1. The quantitative estimate of drug-likeness (QED) is 0.750. The smallest absolute Gasteiger partial charge is 0.351 e. The van der Waals surface area contributed by atoms with Crippen molar-refractivity contribution in [2.75, 3.05) is 19.6 Å². The first-order chi connectivity index (χ1) is 12.3. The molecule has 26 heavy (non-hydrogen) atoms. The molecule has 2 aromatic heterocycles. The van der Waals surface area contributed by atoms with E-state index in [0.717, 1.165) is 30.4 Å². The van der Waals surface area contributed by atoms with Gasteiger partial charge in [0.25, 0.3) is 5.91 Å². The van der Waals surface area contributed by atoms with Crippen molar-refractivity contribution in [3.8, 4) is 10.6 Å². The average Bonchev–Trinajstić information content (AvgIpc) is 3.30. The summed E-state index contributed by atoms with van der Waals surface area (Å²) in [5.74, 6) is -0.142. The van der Waals surface area contributed by atoms with Gasteiger partial charge in [-0.3, -0.25) is 14.7 Å². The Balaban J connectivity index is 1.51. The maximum atomic E-state index is 12.6. The molecule has 2 N–H and O–H groups in total. The van der Waals surface area contributed by atoms with Gasteiger partial charge < -0.3 is 10.2 Å². The molecule has 1 fully saturated rings. The Morgan fingerprint density at radius 3 is 2.85 bits per heavy atom. The van der Waals surface area contributed by atoms with Crippen LogP contribution in [0.2, 0.25) is 0 Å². The standard InChI is InChI=1S/C16H17F3N4O2S/c17-16(18,19)13-9-10(21-22-13)11-4-5-12(26-11)15(25)20-6-2-8-23-7-1-3-14(23)24/h4-5,9H,1-3,6-8H2,(H,20,25)(H,21,22). The normalized spacial score (nSPS) is 14.9. The molecule has 0 spiro atoms. The summed E-state index contributed by atoms with van der Waals surface area (Å²) in [6.07, 6.45) is -2.36. The molecule has 1 aliphatic heterocycles. The molecule has 2 amide bonds. The van der Waals surface area contributed by atoms with E-state index < -0.39 is 11.9 Å². The Labute approximate surface area is 151 Å². The lowest BCUT2D eigenvalue weighted by Gasteiger charge is -2.15. The second kappa shape index (κ2) is 7.48. The van der Waals surface area contributed by atoms with Crippen molar-refractivity contribution in [3.05, 3.63) is 28.8 Å². The highest BCUT2D eigenvalue weighted by molar-refractivity contribution is 7.17. The molecular weight excluding hydrogens is 369 g/mol. The lowest BCUT2D eigenvalue weighted by molar-refractivity contribution is -0.141. The highest BCUT2D eigenvalue weighted by Gasteiger charge is 2.33. The monoisotopic (exact) mass is 386 g/mol. The second-order valence-corrected chi connectivity index (χ2v) is 7.01. The number of aromatic amines is 1. The van der Waals surface area contributed by atoms with E-state index >= 15 is 0 Å². The first-order valence-corrected chi connectivity index (χ1v) is 8.95. The molecule has 0 saturated carbocycles. The van der Waals surface area contributed by atoms with E-state index in [4.69, 9.17) is 0 Å².